The van der Waals surface area contributed by atoms with Gasteiger partial charge in [-0.2, -0.15) is 5.10 Å². The molecule has 0 unspecified atom stereocenters. The number of hydrogen-bond donors (Lipinski definition) is 0. The van der Waals surface area contributed by atoms with Crippen LogP contribution in [0.4, 0.5) is 0 Å². The molecule has 2 heterocycles. The van der Waals surface area contributed by atoms with E-state index in [9.17, 15) is 4.79 Å². The minimum atomic E-state index is -0.492. The van der Waals surface area contributed by atoms with E-state index in [2.05, 4.69) is 67.3 Å². The maximum absolute atomic E-state index is 11.4. The molecule has 0 bridgehead atoms. The minimum absolute atomic E-state index is 0.233. The summed E-state index contributed by atoms with van der Waals surface area (Å²) in [5.41, 5.74) is 5.59. The monoisotopic (exact) mass is 449 g/mol. The van der Waals surface area contributed by atoms with Gasteiger partial charge >= 0.3 is 5.97 Å². The molecule has 33 heavy (non-hydrogen) atoms. The number of carbonyl (C=O) groups is 1. The number of nitrogens with zero attached hydrogens (tertiary/aromatic N) is 3. The smallest absolute Gasteiger partial charge is 0.303 e. The highest BCUT2D eigenvalue weighted by molar-refractivity contribution is 5.78. The zero-order valence-electron chi connectivity index (χ0n) is 20.6. The summed E-state index contributed by atoms with van der Waals surface area (Å²) in [7, 11) is 0. The van der Waals surface area contributed by atoms with Crippen molar-refractivity contribution in [3.8, 4) is 5.75 Å². The molecule has 0 saturated carbocycles. The third-order valence-corrected chi connectivity index (χ3v) is 6.25. The Kier molecular flexibility index (Phi) is 6.48. The average Bonchev–Trinajstić information content (AvgIpc) is 3.16. The van der Waals surface area contributed by atoms with Crippen molar-refractivity contribution < 1.29 is 14.3 Å². The summed E-state index contributed by atoms with van der Waals surface area (Å²) in [4.78, 5) is 13.7. The fraction of sp³-hybridized carbons (Fsp3) is 0.481. The molecule has 176 valence electrons. The normalized spacial score (nSPS) is 14.5. The Morgan fingerprint density at radius 3 is 2.73 bits per heavy atom. The van der Waals surface area contributed by atoms with Crippen LogP contribution in [-0.4, -0.2) is 39.3 Å². The first-order valence-electron chi connectivity index (χ1n) is 11.8. The second-order valence-corrected chi connectivity index (χ2v) is 10.0. The zero-order chi connectivity index (χ0) is 23.8. The zero-order valence-corrected chi connectivity index (χ0v) is 20.6. The van der Waals surface area contributed by atoms with Gasteiger partial charge in [0.1, 0.15) is 18.0 Å². The molecule has 0 aliphatic carbocycles. The number of esters is 1. The molecule has 0 fully saturated rings. The van der Waals surface area contributed by atoms with Crippen LogP contribution in [0.5, 0.6) is 5.75 Å². The second-order valence-electron chi connectivity index (χ2n) is 10.0. The van der Waals surface area contributed by atoms with Crippen LogP contribution in [0.25, 0.3) is 10.9 Å². The molecule has 0 atom stereocenters. The summed E-state index contributed by atoms with van der Waals surface area (Å²) in [6.45, 7) is 14.9. The first-order valence-corrected chi connectivity index (χ1v) is 11.8. The van der Waals surface area contributed by atoms with Crippen molar-refractivity contribution in [2.45, 2.75) is 72.8 Å². The lowest BCUT2D eigenvalue weighted by Crippen LogP contribution is -2.43. The standard InChI is InChI=1S/C27H35N3O3/c1-18(2)30-15-23-13-21(7-9-25(23)28-30)16-32-26-10-8-22-14-29(12-11-24(22)19(26)3)17-27(5,6)33-20(4)31/h7-10,13,15,18H,11-12,14,16-17H2,1-6H3. The minimum Gasteiger partial charge on any atom is -0.489 e. The van der Waals surface area contributed by atoms with Crippen LogP contribution in [0.15, 0.2) is 36.5 Å². The van der Waals surface area contributed by atoms with Gasteiger partial charge < -0.3 is 9.47 Å². The summed E-state index contributed by atoms with van der Waals surface area (Å²) in [5, 5.41) is 5.77. The van der Waals surface area contributed by atoms with E-state index in [1.165, 1.54) is 23.6 Å². The Hall–Kier alpha value is -2.86. The number of ether oxygens (including phenoxy) is 2. The quantitative estimate of drug-likeness (QED) is 0.464. The van der Waals surface area contributed by atoms with E-state index in [1.54, 1.807) is 0 Å². The molecule has 2 aromatic carbocycles. The van der Waals surface area contributed by atoms with Crippen molar-refractivity contribution in [3.05, 3.63) is 58.8 Å². The number of aromatic nitrogens is 2. The van der Waals surface area contributed by atoms with Gasteiger partial charge in [-0.05, 0) is 81.5 Å². The molecule has 0 spiro atoms. The van der Waals surface area contributed by atoms with Crippen LogP contribution in [-0.2, 0) is 29.1 Å². The van der Waals surface area contributed by atoms with Gasteiger partial charge in [-0.3, -0.25) is 14.4 Å². The van der Waals surface area contributed by atoms with Gasteiger partial charge in [0.2, 0.25) is 0 Å². The van der Waals surface area contributed by atoms with Gasteiger partial charge in [-0.1, -0.05) is 12.1 Å². The van der Waals surface area contributed by atoms with Crippen LogP contribution in [0, 0.1) is 6.92 Å². The molecule has 4 rings (SSSR count). The molecule has 6 nitrogen and oxygen atoms in total. The Labute approximate surface area is 196 Å². The number of hydrogen-bond acceptors (Lipinski definition) is 5. The fourth-order valence-corrected chi connectivity index (χ4v) is 4.74. The van der Waals surface area contributed by atoms with E-state index in [0.29, 0.717) is 12.6 Å². The average molecular weight is 450 g/mol. The van der Waals surface area contributed by atoms with Gasteiger partial charge in [0.05, 0.1) is 5.52 Å². The maximum atomic E-state index is 11.4. The molecule has 1 aliphatic rings. The molecule has 0 N–H and O–H groups in total. The highest BCUT2D eigenvalue weighted by atomic mass is 16.6. The van der Waals surface area contributed by atoms with E-state index in [0.717, 1.165) is 48.3 Å². The predicted molar refractivity (Wildman–Crippen MR) is 130 cm³/mol. The lowest BCUT2D eigenvalue weighted by Gasteiger charge is -2.35. The molecule has 3 aromatic rings. The van der Waals surface area contributed by atoms with Crippen molar-refractivity contribution in [2.24, 2.45) is 0 Å². The Balaban J connectivity index is 1.43. The third-order valence-electron chi connectivity index (χ3n) is 6.25. The molecule has 6 heteroatoms. The van der Waals surface area contributed by atoms with Gasteiger partial charge in [-0.15, -0.1) is 0 Å². The maximum Gasteiger partial charge on any atom is 0.303 e. The number of carbonyl (C=O) groups excluding carboxylic acids is 1. The summed E-state index contributed by atoms with van der Waals surface area (Å²) in [5.74, 6) is 0.711. The number of rotatable bonds is 7. The van der Waals surface area contributed by atoms with Gasteiger partial charge in [0.15, 0.2) is 0 Å². The Bertz CT molecular complexity index is 1160. The summed E-state index contributed by atoms with van der Waals surface area (Å²) in [6.07, 6.45) is 3.07. The van der Waals surface area contributed by atoms with Crippen LogP contribution in [0.1, 0.15) is 62.9 Å². The Morgan fingerprint density at radius 1 is 1.21 bits per heavy atom. The van der Waals surface area contributed by atoms with Crippen LogP contribution in [0.3, 0.4) is 0 Å². The van der Waals surface area contributed by atoms with Crippen molar-refractivity contribution in [1.82, 2.24) is 14.7 Å². The van der Waals surface area contributed by atoms with Crippen molar-refractivity contribution >= 4 is 16.9 Å². The summed E-state index contributed by atoms with van der Waals surface area (Å²) < 4.78 is 13.7. The lowest BCUT2D eigenvalue weighted by molar-refractivity contribution is -0.155. The summed E-state index contributed by atoms with van der Waals surface area (Å²) in [6, 6.07) is 10.9. The van der Waals surface area contributed by atoms with E-state index < -0.39 is 5.60 Å². The second kappa shape index (κ2) is 9.18. The number of fused-ring (bicyclic) bond motifs is 2. The largest absolute Gasteiger partial charge is 0.489 e. The van der Waals surface area contributed by atoms with E-state index in [-0.39, 0.29) is 5.97 Å². The van der Waals surface area contributed by atoms with E-state index >= 15 is 0 Å². The molecule has 0 amide bonds. The summed E-state index contributed by atoms with van der Waals surface area (Å²) >= 11 is 0. The molecular formula is C27H35N3O3. The topological polar surface area (TPSA) is 56.6 Å². The fourth-order valence-electron chi connectivity index (χ4n) is 4.74. The molecule has 1 aliphatic heterocycles. The van der Waals surface area contributed by atoms with Gasteiger partial charge in [0.25, 0.3) is 0 Å². The van der Waals surface area contributed by atoms with Crippen molar-refractivity contribution in [1.29, 1.82) is 0 Å². The highest BCUT2D eigenvalue weighted by Gasteiger charge is 2.28. The van der Waals surface area contributed by atoms with Gasteiger partial charge in [-0.25, -0.2) is 0 Å². The van der Waals surface area contributed by atoms with Crippen molar-refractivity contribution in [2.75, 3.05) is 13.1 Å². The number of benzene rings is 2. The first-order chi connectivity index (χ1) is 15.6. The van der Waals surface area contributed by atoms with Crippen LogP contribution < -0.4 is 4.74 Å². The van der Waals surface area contributed by atoms with Crippen LogP contribution in [0.2, 0.25) is 0 Å². The van der Waals surface area contributed by atoms with E-state index in [4.69, 9.17) is 9.47 Å². The predicted octanol–water partition coefficient (Wildman–Crippen LogP) is 5.20. The molecule has 0 radical (unpaired) electrons. The molecular weight excluding hydrogens is 414 g/mol. The molecule has 1 aromatic heterocycles. The third kappa shape index (κ3) is 5.38. The SMILES string of the molecule is CC(=O)OC(C)(C)CN1CCc2c(ccc(OCc3ccc4nn(C(C)C)cc4c3)c2C)C1. The first kappa shape index (κ1) is 23.3. The van der Waals surface area contributed by atoms with E-state index in [1.807, 2.05) is 18.5 Å². The van der Waals surface area contributed by atoms with Crippen LogP contribution >= 0.6 is 0 Å². The highest BCUT2D eigenvalue weighted by Crippen LogP contribution is 2.31. The van der Waals surface area contributed by atoms with Gasteiger partial charge in [0, 0.05) is 44.2 Å². The molecule has 0 saturated heterocycles. The Morgan fingerprint density at radius 2 is 2.00 bits per heavy atom. The van der Waals surface area contributed by atoms with Crippen molar-refractivity contribution in [3.63, 3.8) is 0 Å². The lowest BCUT2D eigenvalue weighted by atomic mass is 9.93.